The summed E-state index contributed by atoms with van der Waals surface area (Å²) >= 11 is 3.76. The third-order valence-electron chi connectivity index (χ3n) is 1.64. The van der Waals surface area contributed by atoms with Crippen LogP contribution in [0.2, 0.25) is 0 Å². The van der Waals surface area contributed by atoms with Gasteiger partial charge in [0.1, 0.15) is 12.4 Å². The number of amides is 3. The summed E-state index contributed by atoms with van der Waals surface area (Å²) in [6, 6.07) is 4.56. The minimum Gasteiger partial charge on any atom is -0.368 e. The number of hydrogen-bond donors (Lipinski definition) is 3. The maximum absolute atomic E-state index is 12.6. The summed E-state index contributed by atoms with van der Waals surface area (Å²) in [5, 5.41) is 2.41. The molecule has 3 amide bonds. The van der Waals surface area contributed by atoms with Gasteiger partial charge in [-0.05, 0) is 24.3 Å². The van der Waals surface area contributed by atoms with Gasteiger partial charge >= 0.3 is 6.03 Å². The maximum Gasteiger partial charge on any atom is 0.332 e. The van der Waals surface area contributed by atoms with Crippen LogP contribution in [0.5, 0.6) is 0 Å². The highest BCUT2D eigenvalue weighted by atomic mass is 32.1. The van der Waals surface area contributed by atoms with Crippen molar-refractivity contribution in [1.82, 2.24) is 4.31 Å². The molecular weight excluding hydrogens is 233 g/mol. The van der Waals surface area contributed by atoms with Crippen molar-refractivity contribution in [3.05, 3.63) is 30.1 Å². The minimum absolute atomic E-state index is 0.309. The normalized spacial score (nSPS) is 9.62. The van der Waals surface area contributed by atoms with E-state index in [0.717, 1.165) is 4.31 Å². The fourth-order valence-corrected chi connectivity index (χ4v) is 1.13. The summed E-state index contributed by atoms with van der Waals surface area (Å²) < 4.78 is 13.4. The number of carbonyl (C=O) groups excluding carboxylic acids is 2. The lowest BCUT2D eigenvalue weighted by atomic mass is 10.3. The van der Waals surface area contributed by atoms with Gasteiger partial charge in [0.15, 0.2) is 0 Å². The molecule has 0 radical (unpaired) electrons. The van der Waals surface area contributed by atoms with Crippen LogP contribution in [-0.4, -0.2) is 22.8 Å². The van der Waals surface area contributed by atoms with E-state index in [0.29, 0.717) is 5.69 Å². The molecule has 86 valence electrons. The smallest absolute Gasteiger partial charge is 0.332 e. The van der Waals surface area contributed by atoms with E-state index in [-0.39, 0.29) is 6.54 Å². The molecule has 0 aliphatic carbocycles. The third kappa shape index (κ3) is 3.77. The minimum atomic E-state index is -0.677. The van der Waals surface area contributed by atoms with Gasteiger partial charge in [-0.2, -0.15) is 0 Å². The number of benzene rings is 1. The number of nitrogens with zero attached hydrogens (tertiary/aromatic N) is 1. The molecule has 5 nitrogen and oxygen atoms in total. The summed E-state index contributed by atoms with van der Waals surface area (Å²) in [5.41, 5.74) is 5.28. The van der Waals surface area contributed by atoms with E-state index < -0.39 is 17.8 Å². The maximum atomic E-state index is 12.6. The number of anilines is 1. The molecule has 0 fully saturated rings. The monoisotopic (exact) mass is 243 g/mol. The van der Waals surface area contributed by atoms with E-state index >= 15 is 0 Å². The second-order valence-corrected chi connectivity index (χ2v) is 3.44. The van der Waals surface area contributed by atoms with Crippen molar-refractivity contribution in [3.63, 3.8) is 0 Å². The Bertz CT molecular complexity index is 396. The molecule has 0 bridgehead atoms. The average molecular weight is 243 g/mol. The Morgan fingerprint density at radius 3 is 2.44 bits per heavy atom. The van der Waals surface area contributed by atoms with E-state index in [4.69, 9.17) is 5.73 Å². The first-order valence-electron chi connectivity index (χ1n) is 4.30. The molecule has 3 N–H and O–H groups in total. The highest BCUT2D eigenvalue weighted by Gasteiger charge is 2.11. The van der Waals surface area contributed by atoms with Crippen LogP contribution in [0.1, 0.15) is 0 Å². The molecule has 7 heteroatoms. The quantitative estimate of drug-likeness (QED) is 0.692. The summed E-state index contributed by atoms with van der Waals surface area (Å²) in [6.07, 6.45) is 0. The molecule has 0 aliphatic heterocycles. The first-order valence-corrected chi connectivity index (χ1v) is 4.70. The molecule has 16 heavy (non-hydrogen) atoms. The number of rotatable bonds is 3. The van der Waals surface area contributed by atoms with Crippen molar-refractivity contribution < 1.29 is 14.0 Å². The second kappa shape index (κ2) is 5.36. The van der Waals surface area contributed by atoms with Gasteiger partial charge in [-0.3, -0.25) is 9.10 Å². The number of urea groups is 1. The van der Waals surface area contributed by atoms with Crippen molar-refractivity contribution in [2.45, 2.75) is 0 Å². The first-order chi connectivity index (χ1) is 7.49. The van der Waals surface area contributed by atoms with Crippen molar-refractivity contribution >= 4 is 30.4 Å². The van der Waals surface area contributed by atoms with Gasteiger partial charge in [0, 0.05) is 5.69 Å². The summed E-state index contributed by atoms with van der Waals surface area (Å²) in [5.74, 6) is -1.08. The fraction of sp³-hybridized carbons (Fsp3) is 0.111. The van der Waals surface area contributed by atoms with E-state index in [9.17, 15) is 14.0 Å². The van der Waals surface area contributed by atoms with Gasteiger partial charge in [-0.15, -0.1) is 0 Å². The number of hydrogen-bond acceptors (Lipinski definition) is 3. The SMILES string of the molecule is NC(=O)CN(S)C(=O)Nc1ccc(F)cc1. The molecule has 0 saturated heterocycles. The lowest BCUT2D eigenvalue weighted by molar-refractivity contribution is -0.117. The number of thiol groups is 1. The van der Waals surface area contributed by atoms with Crippen LogP contribution in [0.15, 0.2) is 24.3 Å². The van der Waals surface area contributed by atoms with Gasteiger partial charge in [0.05, 0.1) is 0 Å². The summed E-state index contributed by atoms with van der Waals surface area (Å²) in [7, 11) is 0. The van der Waals surface area contributed by atoms with Crippen LogP contribution in [0.25, 0.3) is 0 Å². The molecule has 0 unspecified atom stereocenters. The fourth-order valence-electron chi connectivity index (χ4n) is 0.941. The molecule has 0 aliphatic rings. The lowest BCUT2D eigenvalue weighted by Gasteiger charge is -2.14. The second-order valence-electron chi connectivity index (χ2n) is 2.96. The molecule has 0 aromatic heterocycles. The van der Waals surface area contributed by atoms with Crippen LogP contribution in [0.4, 0.5) is 14.9 Å². The molecule has 0 atom stereocenters. The van der Waals surface area contributed by atoms with Crippen molar-refractivity contribution in [2.75, 3.05) is 11.9 Å². The van der Waals surface area contributed by atoms with Crippen LogP contribution in [0, 0.1) is 5.82 Å². The summed E-state index contributed by atoms with van der Waals surface area (Å²) in [4.78, 5) is 21.9. The Morgan fingerprint density at radius 1 is 1.38 bits per heavy atom. The van der Waals surface area contributed by atoms with Crippen LogP contribution < -0.4 is 11.1 Å². The Labute approximate surface area is 97.0 Å². The van der Waals surface area contributed by atoms with Crippen molar-refractivity contribution in [1.29, 1.82) is 0 Å². The highest BCUT2D eigenvalue weighted by Crippen LogP contribution is 2.09. The Morgan fingerprint density at radius 2 is 1.94 bits per heavy atom. The average Bonchev–Trinajstić information content (AvgIpc) is 2.20. The molecule has 1 rings (SSSR count). The van der Waals surface area contributed by atoms with Gasteiger partial charge in [-0.1, -0.05) is 12.8 Å². The zero-order valence-corrected chi connectivity index (χ0v) is 9.08. The van der Waals surface area contributed by atoms with Crippen molar-refractivity contribution in [3.8, 4) is 0 Å². The van der Waals surface area contributed by atoms with Crippen LogP contribution in [0.3, 0.4) is 0 Å². The number of primary amides is 1. The van der Waals surface area contributed by atoms with E-state index in [1.807, 2.05) is 0 Å². The summed E-state index contributed by atoms with van der Waals surface area (Å²) in [6.45, 7) is -0.309. The number of nitrogens with one attached hydrogen (secondary N) is 1. The third-order valence-corrected chi connectivity index (χ3v) is 1.96. The topological polar surface area (TPSA) is 75.4 Å². The first kappa shape index (κ1) is 12.3. The zero-order chi connectivity index (χ0) is 12.1. The molecule has 0 spiro atoms. The Kier molecular flexibility index (Phi) is 4.12. The standard InChI is InChI=1S/C9H10FN3O2S/c10-6-1-3-7(4-2-6)12-9(15)13(16)5-8(11)14/h1-4,16H,5H2,(H2,11,14)(H,12,15). The van der Waals surface area contributed by atoms with Gasteiger partial charge < -0.3 is 11.1 Å². The van der Waals surface area contributed by atoms with E-state index in [1.54, 1.807) is 0 Å². The van der Waals surface area contributed by atoms with Gasteiger partial charge in [0.25, 0.3) is 0 Å². The van der Waals surface area contributed by atoms with Gasteiger partial charge in [-0.25, -0.2) is 9.18 Å². The van der Waals surface area contributed by atoms with E-state index in [2.05, 4.69) is 18.1 Å². The Balaban J connectivity index is 2.57. The lowest BCUT2D eigenvalue weighted by Crippen LogP contribution is -2.34. The Hall–Kier alpha value is -1.76. The number of carbonyl (C=O) groups is 2. The predicted octanol–water partition coefficient (Wildman–Crippen LogP) is 0.990. The molecule has 1 aromatic rings. The van der Waals surface area contributed by atoms with Crippen LogP contribution in [-0.2, 0) is 4.79 Å². The largest absolute Gasteiger partial charge is 0.368 e. The zero-order valence-electron chi connectivity index (χ0n) is 8.18. The van der Waals surface area contributed by atoms with Crippen LogP contribution >= 0.6 is 12.8 Å². The molecule has 0 saturated carbocycles. The van der Waals surface area contributed by atoms with Crippen molar-refractivity contribution in [2.24, 2.45) is 5.73 Å². The molecule has 0 heterocycles. The predicted molar refractivity (Wildman–Crippen MR) is 60.3 cm³/mol. The highest BCUT2D eigenvalue weighted by molar-refractivity contribution is 7.78. The number of nitrogens with two attached hydrogens (primary N) is 1. The molecule has 1 aromatic carbocycles. The van der Waals surface area contributed by atoms with Gasteiger partial charge in [0.2, 0.25) is 5.91 Å². The number of halogens is 1. The molecular formula is C9H10FN3O2S. The van der Waals surface area contributed by atoms with E-state index in [1.165, 1.54) is 24.3 Å².